The average Bonchev–Trinajstić information content (AvgIpc) is 2.78. The van der Waals surface area contributed by atoms with Crippen molar-refractivity contribution < 1.29 is 4.74 Å². The summed E-state index contributed by atoms with van der Waals surface area (Å²) in [5, 5.41) is 12.6. The van der Waals surface area contributed by atoms with Crippen molar-refractivity contribution in [2.75, 3.05) is 12.3 Å². The molecule has 0 radical (unpaired) electrons. The van der Waals surface area contributed by atoms with Crippen LogP contribution >= 0.6 is 0 Å². The van der Waals surface area contributed by atoms with E-state index in [9.17, 15) is 0 Å². The topological polar surface area (TPSA) is 76.9 Å². The minimum Gasteiger partial charge on any atom is -0.492 e. The summed E-state index contributed by atoms with van der Waals surface area (Å²) < 4.78 is 7.30. The van der Waals surface area contributed by atoms with E-state index in [2.05, 4.69) is 11.2 Å². The Bertz CT molecular complexity index is 539. The lowest BCUT2D eigenvalue weighted by molar-refractivity contribution is 0.291. The summed E-state index contributed by atoms with van der Waals surface area (Å²) in [5.74, 6) is 1.30. The number of anilines is 1. The van der Waals surface area contributed by atoms with Crippen molar-refractivity contribution in [3.05, 3.63) is 42.1 Å². The molecule has 0 aliphatic rings. The maximum absolute atomic E-state index is 8.56. The molecule has 18 heavy (non-hydrogen) atoms. The predicted octanol–water partition coefficient (Wildman–Crippen LogP) is 1.61. The molecule has 1 heterocycles. The molecule has 1 aromatic heterocycles. The van der Waals surface area contributed by atoms with E-state index in [1.165, 1.54) is 0 Å². The maximum atomic E-state index is 8.56. The Morgan fingerprint density at radius 3 is 2.67 bits per heavy atom. The number of hydrogen-bond donors (Lipinski definition) is 1. The normalized spacial score (nSPS) is 9.94. The molecular formula is C13H14N4O. The average molecular weight is 242 g/mol. The molecule has 1 aromatic carbocycles. The number of ether oxygens (including phenoxy) is 1. The van der Waals surface area contributed by atoms with Crippen molar-refractivity contribution in [2.45, 2.75) is 13.0 Å². The molecule has 0 spiro atoms. The Morgan fingerprint density at radius 2 is 2.06 bits per heavy atom. The highest BCUT2D eigenvalue weighted by molar-refractivity contribution is 5.28. The highest BCUT2D eigenvalue weighted by Gasteiger charge is 1.97. The van der Waals surface area contributed by atoms with Crippen LogP contribution in [-0.4, -0.2) is 16.4 Å². The first-order valence-electron chi connectivity index (χ1n) is 5.65. The van der Waals surface area contributed by atoms with Gasteiger partial charge in [-0.15, -0.1) is 0 Å². The fourth-order valence-electron chi connectivity index (χ4n) is 1.55. The number of nitrogens with zero attached hydrogens (tertiary/aromatic N) is 3. The summed E-state index contributed by atoms with van der Waals surface area (Å²) in [6, 6.07) is 11.4. The number of benzene rings is 1. The number of aromatic nitrogens is 2. The van der Waals surface area contributed by atoms with Crippen LogP contribution in [0.15, 0.2) is 36.5 Å². The zero-order chi connectivity index (χ0) is 12.8. The van der Waals surface area contributed by atoms with Crippen molar-refractivity contribution in [3.63, 3.8) is 0 Å². The first-order chi connectivity index (χ1) is 8.78. The summed E-state index contributed by atoms with van der Waals surface area (Å²) in [7, 11) is 0. The van der Waals surface area contributed by atoms with Gasteiger partial charge in [0.1, 0.15) is 18.2 Å². The van der Waals surface area contributed by atoms with Gasteiger partial charge in [-0.05, 0) is 23.8 Å². The quantitative estimate of drug-likeness (QED) is 0.864. The molecular weight excluding hydrogens is 228 g/mol. The summed E-state index contributed by atoms with van der Waals surface area (Å²) in [5.41, 5.74) is 6.50. The van der Waals surface area contributed by atoms with Crippen molar-refractivity contribution in [1.82, 2.24) is 9.78 Å². The first-order valence-corrected chi connectivity index (χ1v) is 5.65. The molecule has 0 atom stereocenters. The molecule has 0 unspecified atom stereocenters. The van der Waals surface area contributed by atoms with Crippen molar-refractivity contribution >= 4 is 5.82 Å². The summed E-state index contributed by atoms with van der Waals surface area (Å²) >= 11 is 0. The van der Waals surface area contributed by atoms with Crippen LogP contribution in [0.25, 0.3) is 0 Å². The second kappa shape index (κ2) is 5.73. The molecule has 92 valence electrons. The van der Waals surface area contributed by atoms with Gasteiger partial charge < -0.3 is 10.5 Å². The van der Waals surface area contributed by atoms with Gasteiger partial charge in [0.2, 0.25) is 0 Å². The third kappa shape index (κ3) is 3.25. The lowest BCUT2D eigenvalue weighted by atomic mass is 10.2. The van der Waals surface area contributed by atoms with E-state index < -0.39 is 0 Å². The summed E-state index contributed by atoms with van der Waals surface area (Å²) in [4.78, 5) is 0. The Hall–Kier alpha value is -2.48. The molecule has 2 N–H and O–H groups in total. The lowest BCUT2D eigenvalue weighted by Crippen LogP contribution is -2.08. The van der Waals surface area contributed by atoms with E-state index in [1.54, 1.807) is 10.7 Å². The number of nitriles is 1. The highest BCUT2D eigenvalue weighted by atomic mass is 16.5. The van der Waals surface area contributed by atoms with E-state index in [1.807, 2.05) is 30.5 Å². The molecule has 2 aromatic rings. The van der Waals surface area contributed by atoms with Crippen LogP contribution in [0.2, 0.25) is 0 Å². The molecule has 0 amide bonds. The largest absolute Gasteiger partial charge is 0.492 e. The monoisotopic (exact) mass is 242 g/mol. The minimum atomic E-state index is 0.423. The zero-order valence-electron chi connectivity index (χ0n) is 9.91. The Morgan fingerprint density at radius 1 is 1.28 bits per heavy atom. The third-order valence-corrected chi connectivity index (χ3v) is 2.46. The Balaban J connectivity index is 1.81. The molecule has 0 saturated heterocycles. The van der Waals surface area contributed by atoms with Gasteiger partial charge in [0.25, 0.3) is 0 Å². The van der Waals surface area contributed by atoms with E-state index >= 15 is 0 Å². The van der Waals surface area contributed by atoms with E-state index in [0.29, 0.717) is 25.4 Å². The second-order valence-corrected chi connectivity index (χ2v) is 3.83. The molecule has 5 nitrogen and oxygen atoms in total. The Labute approximate surface area is 105 Å². The van der Waals surface area contributed by atoms with Crippen LogP contribution < -0.4 is 10.5 Å². The van der Waals surface area contributed by atoms with Crippen LogP contribution in [-0.2, 0) is 13.0 Å². The summed E-state index contributed by atoms with van der Waals surface area (Å²) in [6.45, 7) is 1.18. The van der Waals surface area contributed by atoms with E-state index in [0.717, 1.165) is 11.3 Å². The molecule has 5 heteroatoms. The van der Waals surface area contributed by atoms with Gasteiger partial charge in [-0.1, -0.05) is 12.1 Å². The number of nitrogens with two attached hydrogens (primary N) is 1. The molecule has 2 rings (SSSR count). The van der Waals surface area contributed by atoms with Gasteiger partial charge in [0.15, 0.2) is 0 Å². The molecule has 0 aliphatic carbocycles. The number of hydrogen-bond acceptors (Lipinski definition) is 4. The van der Waals surface area contributed by atoms with Crippen molar-refractivity contribution in [3.8, 4) is 11.8 Å². The highest BCUT2D eigenvalue weighted by Crippen LogP contribution is 2.12. The molecule has 0 aliphatic heterocycles. The minimum absolute atomic E-state index is 0.423. The van der Waals surface area contributed by atoms with Gasteiger partial charge in [-0.2, -0.15) is 10.4 Å². The predicted molar refractivity (Wildman–Crippen MR) is 67.9 cm³/mol. The van der Waals surface area contributed by atoms with Gasteiger partial charge in [-0.25, -0.2) is 0 Å². The first kappa shape index (κ1) is 12.0. The molecule has 0 fully saturated rings. The van der Waals surface area contributed by atoms with Crippen molar-refractivity contribution in [1.29, 1.82) is 5.26 Å². The third-order valence-electron chi connectivity index (χ3n) is 2.46. The van der Waals surface area contributed by atoms with Crippen LogP contribution in [0.1, 0.15) is 5.56 Å². The van der Waals surface area contributed by atoms with Crippen LogP contribution in [0.4, 0.5) is 5.82 Å². The van der Waals surface area contributed by atoms with Gasteiger partial charge >= 0.3 is 0 Å². The standard InChI is InChI=1S/C13H14N4O/c14-7-5-11-1-3-12(4-2-11)18-10-9-17-8-6-13(15)16-17/h1-4,6,8H,5,9-10H2,(H2,15,16). The summed E-state index contributed by atoms with van der Waals surface area (Å²) in [6.07, 6.45) is 2.24. The zero-order valence-corrected chi connectivity index (χ0v) is 9.91. The van der Waals surface area contributed by atoms with Gasteiger partial charge in [0.05, 0.1) is 19.0 Å². The van der Waals surface area contributed by atoms with Crippen molar-refractivity contribution in [2.24, 2.45) is 0 Å². The lowest BCUT2D eigenvalue weighted by Gasteiger charge is -2.06. The number of nitrogen functional groups attached to an aromatic ring is 1. The SMILES string of the molecule is N#CCc1ccc(OCCn2ccc(N)n2)cc1. The molecule has 0 saturated carbocycles. The second-order valence-electron chi connectivity index (χ2n) is 3.83. The Kier molecular flexibility index (Phi) is 3.82. The maximum Gasteiger partial charge on any atom is 0.145 e. The smallest absolute Gasteiger partial charge is 0.145 e. The van der Waals surface area contributed by atoms with Gasteiger partial charge in [0, 0.05) is 6.20 Å². The molecule has 0 bridgehead atoms. The van der Waals surface area contributed by atoms with Crippen LogP contribution in [0.3, 0.4) is 0 Å². The fourth-order valence-corrected chi connectivity index (χ4v) is 1.55. The number of rotatable bonds is 5. The van der Waals surface area contributed by atoms with Crippen LogP contribution in [0, 0.1) is 11.3 Å². The van der Waals surface area contributed by atoms with Gasteiger partial charge in [-0.3, -0.25) is 4.68 Å². The fraction of sp³-hybridized carbons (Fsp3) is 0.231. The van der Waals surface area contributed by atoms with E-state index in [-0.39, 0.29) is 0 Å². The van der Waals surface area contributed by atoms with E-state index in [4.69, 9.17) is 15.7 Å². The van der Waals surface area contributed by atoms with Crippen LogP contribution in [0.5, 0.6) is 5.75 Å².